The third-order valence-electron chi connectivity index (χ3n) is 4.05. The van der Waals surface area contributed by atoms with E-state index in [1.165, 1.54) is 57.8 Å². The molecule has 2 heteroatoms. The minimum Gasteiger partial charge on any atom is -0.481 e. The molecule has 0 aliphatic heterocycles. The quantitative estimate of drug-likeness (QED) is 0.297. The van der Waals surface area contributed by atoms with Crippen molar-refractivity contribution in [3.8, 4) is 0 Å². The fraction of sp³-hybridized carbons (Fsp3) is 0.833. The second-order valence-corrected chi connectivity index (χ2v) is 5.84. The number of carboxylic acids is 1. The van der Waals surface area contributed by atoms with Crippen LogP contribution in [0, 0.1) is 5.92 Å². The Morgan fingerprint density at radius 3 is 1.80 bits per heavy atom. The molecule has 0 radical (unpaired) electrons. The smallest absolute Gasteiger partial charge is 0.306 e. The summed E-state index contributed by atoms with van der Waals surface area (Å²) in [5.74, 6) is -0.741. The van der Waals surface area contributed by atoms with Gasteiger partial charge in [-0.2, -0.15) is 0 Å². The molecule has 0 aromatic carbocycles. The van der Waals surface area contributed by atoms with E-state index in [1.807, 2.05) is 13.0 Å². The number of aliphatic carboxylic acids is 1. The maximum atomic E-state index is 10.9. The molecule has 0 amide bonds. The van der Waals surface area contributed by atoms with E-state index in [4.69, 9.17) is 5.11 Å². The van der Waals surface area contributed by atoms with Crippen LogP contribution in [-0.4, -0.2) is 11.1 Å². The Morgan fingerprint density at radius 1 is 0.950 bits per heavy atom. The zero-order valence-corrected chi connectivity index (χ0v) is 13.4. The van der Waals surface area contributed by atoms with Crippen molar-refractivity contribution in [1.29, 1.82) is 0 Å². The van der Waals surface area contributed by atoms with Gasteiger partial charge in [-0.25, -0.2) is 0 Å². The molecule has 0 rings (SSSR count). The van der Waals surface area contributed by atoms with Gasteiger partial charge in [-0.1, -0.05) is 70.8 Å². The van der Waals surface area contributed by atoms with Gasteiger partial charge in [0.2, 0.25) is 0 Å². The van der Waals surface area contributed by atoms with E-state index < -0.39 is 5.97 Å². The maximum Gasteiger partial charge on any atom is 0.306 e. The fourth-order valence-corrected chi connectivity index (χ4v) is 2.60. The van der Waals surface area contributed by atoms with Gasteiger partial charge in [0.15, 0.2) is 0 Å². The van der Waals surface area contributed by atoms with Crippen LogP contribution in [0.15, 0.2) is 12.7 Å². The molecule has 0 aliphatic carbocycles. The highest BCUT2D eigenvalue weighted by Crippen LogP contribution is 2.16. The lowest BCUT2D eigenvalue weighted by molar-refractivity contribution is -0.142. The minimum atomic E-state index is -0.621. The molecule has 0 heterocycles. The predicted octanol–water partition coefficient (Wildman–Crippen LogP) is 5.96. The van der Waals surface area contributed by atoms with Gasteiger partial charge in [0.25, 0.3) is 0 Å². The number of unbranched alkanes of at least 4 members (excludes halogenated alkanes) is 10. The maximum absolute atomic E-state index is 10.9. The topological polar surface area (TPSA) is 37.3 Å². The third kappa shape index (κ3) is 12.3. The second-order valence-electron chi connectivity index (χ2n) is 5.84. The van der Waals surface area contributed by atoms with Crippen LogP contribution < -0.4 is 0 Å². The van der Waals surface area contributed by atoms with E-state index in [2.05, 4.69) is 6.58 Å². The van der Waals surface area contributed by atoms with Gasteiger partial charge >= 0.3 is 5.97 Å². The summed E-state index contributed by atoms with van der Waals surface area (Å²) in [5.41, 5.74) is 0. The highest BCUT2D eigenvalue weighted by molar-refractivity contribution is 5.69. The van der Waals surface area contributed by atoms with Crippen molar-refractivity contribution < 1.29 is 9.90 Å². The summed E-state index contributed by atoms with van der Waals surface area (Å²) in [5, 5.41) is 8.94. The number of hydrogen-bond acceptors (Lipinski definition) is 1. The van der Waals surface area contributed by atoms with Crippen molar-refractivity contribution >= 4 is 5.97 Å². The van der Waals surface area contributed by atoms with E-state index >= 15 is 0 Å². The third-order valence-corrected chi connectivity index (χ3v) is 4.05. The second kappa shape index (κ2) is 14.6. The van der Waals surface area contributed by atoms with Crippen LogP contribution in [0.1, 0.15) is 90.4 Å². The van der Waals surface area contributed by atoms with Gasteiger partial charge in [-0.15, -0.1) is 6.58 Å². The molecule has 0 saturated heterocycles. The Bertz CT molecular complexity index is 236. The molecule has 0 spiro atoms. The summed E-state index contributed by atoms with van der Waals surface area (Å²) in [6.07, 6.45) is 17.7. The van der Waals surface area contributed by atoms with Crippen molar-refractivity contribution in [1.82, 2.24) is 0 Å². The van der Waals surface area contributed by atoms with Gasteiger partial charge in [-0.05, 0) is 25.7 Å². The van der Waals surface area contributed by atoms with Crippen LogP contribution in [0.2, 0.25) is 0 Å². The zero-order chi connectivity index (χ0) is 15.1. The van der Waals surface area contributed by atoms with E-state index in [0.29, 0.717) is 0 Å². The van der Waals surface area contributed by atoms with Gasteiger partial charge in [0.1, 0.15) is 0 Å². The zero-order valence-electron chi connectivity index (χ0n) is 13.4. The molecule has 0 fully saturated rings. The van der Waals surface area contributed by atoms with Gasteiger partial charge < -0.3 is 5.11 Å². The van der Waals surface area contributed by atoms with Crippen molar-refractivity contribution in [3.63, 3.8) is 0 Å². The minimum absolute atomic E-state index is 0.120. The summed E-state index contributed by atoms with van der Waals surface area (Å²) in [4.78, 5) is 10.9. The molecule has 0 aromatic heterocycles. The number of hydrogen-bond donors (Lipinski definition) is 1. The first-order valence-electron chi connectivity index (χ1n) is 8.56. The van der Waals surface area contributed by atoms with Gasteiger partial charge in [0.05, 0.1) is 5.92 Å². The van der Waals surface area contributed by atoms with E-state index in [0.717, 1.165) is 25.7 Å². The molecule has 20 heavy (non-hydrogen) atoms. The standard InChI is InChI=1S/C18H34O2/c1-3-5-6-7-8-9-10-11-12-13-14-15-16-17(4-2)18(19)20/h3,17H,1,4-16H2,2H3,(H,19,20). The predicted molar refractivity (Wildman–Crippen MR) is 87.0 cm³/mol. The summed E-state index contributed by atoms with van der Waals surface area (Å²) in [6.45, 7) is 5.70. The number of carboxylic acid groups (broad SMARTS) is 1. The Labute approximate surface area is 125 Å². The van der Waals surface area contributed by atoms with E-state index in [9.17, 15) is 4.79 Å². The Hall–Kier alpha value is -0.790. The summed E-state index contributed by atoms with van der Waals surface area (Å²) in [6, 6.07) is 0. The fourth-order valence-electron chi connectivity index (χ4n) is 2.60. The van der Waals surface area contributed by atoms with Crippen LogP contribution in [0.25, 0.3) is 0 Å². The van der Waals surface area contributed by atoms with Crippen LogP contribution in [0.4, 0.5) is 0 Å². The average Bonchev–Trinajstić information content (AvgIpc) is 2.43. The average molecular weight is 282 g/mol. The Balaban J connectivity index is 3.16. The van der Waals surface area contributed by atoms with Gasteiger partial charge in [-0.3, -0.25) is 4.79 Å². The Kier molecular flexibility index (Phi) is 14.0. The normalized spacial score (nSPS) is 12.2. The molecule has 0 aliphatic rings. The molecule has 118 valence electrons. The summed E-state index contributed by atoms with van der Waals surface area (Å²) >= 11 is 0. The van der Waals surface area contributed by atoms with Crippen LogP contribution in [0.3, 0.4) is 0 Å². The van der Waals surface area contributed by atoms with Crippen LogP contribution >= 0.6 is 0 Å². The molecule has 2 nitrogen and oxygen atoms in total. The number of rotatable bonds is 15. The highest BCUT2D eigenvalue weighted by atomic mass is 16.4. The molecular weight excluding hydrogens is 248 g/mol. The first-order chi connectivity index (χ1) is 9.72. The molecule has 0 saturated carbocycles. The molecule has 0 aromatic rings. The molecule has 1 atom stereocenters. The lowest BCUT2D eigenvalue weighted by atomic mass is 9.98. The first kappa shape index (κ1) is 19.2. The van der Waals surface area contributed by atoms with Crippen molar-refractivity contribution in [2.45, 2.75) is 90.4 Å². The number of allylic oxidation sites excluding steroid dienone is 1. The van der Waals surface area contributed by atoms with Gasteiger partial charge in [0, 0.05) is 0 Å². The van der Waals surface area contributed by atoms with Crippen LogP contribution in [-0.2, 0) is 4.79 Å². The van der Waals surface area contributed by atoms with Crippen molar-refractivity contribution in [2.75, 3.05) is 0 Å². The SMILES string of the molecule is C=CCCCCCCCCCCCCC(CC)C(=O)O. The molecule has 0 bridgehead atoms. The molecule has 1 N–H and O–H groups in total. The van der Waals surface area contributed by atoms with E-state index in [1.54, 1.807) is 0 Å². The molecular formula is C18H34O2. The molecule has 1 unspecified atom stereocenters. The lowest BCUT2D eigenvalue weighted by Crippen LogP contribution is -2.12. The van der Waals surface area contributed by atoms with Crippen LogP contribution in [0.5, 0.6) is 0 Å². The van der Waals surface area contributed by atoms with Crippen molar-refractivity contribution in [3.05, 3.63) is 12.7 Å². The lowest BCUT2D eigenvalue weighted by Gasteiger charge is -2.08. The monoisotopic (exact) mass is 282 g/mol. The number of carbonyl (C=O) groups is 1. The summed E-state index contributed by atoms with van der Waals surface area (Å²) < 4.78 is 0. The Morgan fingerprint density at radius 2 is 1.40 bits per heavy atom. The highest BCUT2D eigenvalue weighted by Gasteiger charge is 2.13. The van der Waals surface area contributed by atoms with Crippen molar-refractivity contribution in [2.24, 2.45) is 5.92 Å². The largest absolute Gasteiger partial charge is 0.481 e. The first-order valence-corrected chi connectivity index (χ1v) is 8.56. The van der Waals surface area contributed by atoms with E-state index in [-0.39, 0.29) is 5.92 Å². The summed E-state index contributed by atoms with van der Waals surface area (Å²) in [7, 11) is 0.